The molecule has 1 heterocycles. The van der Waals surface area contributed by atoms with E-state index >= 15 is 0 Å². The molecule has 0 atom stereocenters. The minimum atomic E-state index is -1.09. The molecule has 0 spiro atoms. The van der Waals surface area contributed by atoms with Crippen LogP contribution in [0.25, 0.3) is 5.69 Å². The van der Waals surface area contributed by atoms with Gasteiger partial charge in [0.1, 0.15) is 5.75 Å². The van der Waals surface area contributed by atoms with Crippen molar-refractivity contribution in [2.24, 2.45) is 0 Å². The lowest BCUT2D eigenvalue weighted by atomic mass is 10.3. The summed E-state index contributed by atoms with van der Waals surface area (Å²) in [7, 11) is 0. The fourth-order valence-corrected chi connectivity index (χ4v) is 1.28. The van der Waals surface area contributed by atoms with Crippen molar-refractivity contribution in [1.82, 2.24) is 9.55 Å². The van der Waals surface area contributed by atoms with E-state index in [4.69, 9.17) is 10.2 Å². The van der Waals surface area contributed by atoms with Crippen molar-refractivity contribution in [2.75, 3.05) is 0 Å². The number of phenols is 1. The van der Waals surface area contributed by atoms with E-state index in [1.54, 1.807) is 18.3 Å². The first-order valence-corrected chi connectivity index (χ1v) is 4.24. The molecule has 0 fully saturated rings. The number of carboxylic acids is 1. The molecule has 5 heteroatoms. The number of nitrogens with zero attached hydrogens (tertiary/aromatic N) is 2. The van der Waals surface area contributed by atoms with Gasteiger partial charge in [0.05, 0.1) is 0 Å². The molecule has 0 unspecified atom stereocenters. The molecule has 2 N–H and O–H groups in total. The van der Waals surface area contributed by atoms with Gasteiger partial charge in [-0.3, -0.25) is 4.57 Å². The van der Waals surface area contributed by atoms with Crippen LogP contribution in [0.3, 0.4) is 0 Å². The second-order valence-corrected chi connectivity index (χ2v) is 2.94. The van der Waals surface area contributed by atoms with Crippen LogP contribution in [0.15, 0.2) is 36.7 Å². The van der Waals surface area contributed by atoms with Gasteiger partial charge in [-0.1, -0.05) is 0 Å². The molecule has 0 bridgehead atoms. The number of phenolic OH excluding ortho intramolecular Hbond substituents is 1. The fraction of sp³-hybridized carbons (Fsp3) is 0. The maximum Gasteiger partial charge on any atom is 0.372 e. The monoisotopic (exact) mass is 204 g/mol. The first-order valence-electron chi connectivity index (χ1n) is 4.24. The highest BCUT2D eigenvalue weighted by Gasteiger charge is 2.11. The average molecular weight is 204 g/mol. The molecule has 5 nitrogen and oxygen atoms in total. The van der Waals surface area contributed by atoms with Crippen LogP contribution in [0.5, 0.6) is 5.75 Å². The number of imidazole rings is 1. The molecule has 0 aliphatic heterocycles. The van der Waals surface area contributed by atoms with Crippen molar-refractivity contribution in [3.8, 4) is 11.4 Å². The van der Waals surface area contributed by atoms with Crippen molar-refractivity contribution in [2.45, 2.75) is 0 Å². The zero-order valence-corrected chi connectivity index (χ0v) is 7.66. The lowest BCUT2D eigenvalue weighted by Gasteiger charge is -2.04. The highest BCUT2D eigenvalue weighted by atomic mass is 16.4. The third-order valence-corrected chi connectivity index (χ3v) is 1.96. The third-order valence-electron chi connectivity index (χ3n) is 1.96. The number of aromatic carboxylic acids is 1. The van der Waals surface area contributed by atoms with Gasteiger partial charge in [-0.15, -0.1) is 0 Å². The summed E-state index contributed by atoms with van der Waals surface area (Å²) in [6.45, 7) is 0. The Hall–Kier alpha value is -2.30. The molecule has 0 aliphatic rings. The van der Waals surface area contributed by atoms with Gasteiger partial charge in [-0.2, -0.15) is 0 Å². The Bertz CT molecular complexity index is 488. The van der Waals surface area contributed by atoms with E-state index in [0.717, 1.165) is 0 Å². The summed E-state index contributed by atoms with van der Waals surface area (Å²) in [6, 6.07) is 6.20. The van der Waals surface area contributed by atoms with Crippen LogP contribution < -0.4 is 0 Å². The van der Waals surface area contributed by atoms with Crippen LogP contribution in [0.2, 0.25) is 0 Å². The molecule has 15 heavy (non-hydrogen) atoms. The van der Waals surface area contributed by atoms with E-state index in [9.17, 15) is 4.79 Å². The molecule has 0 saturated carbocycles. The fourth-order valence-electron chi connectivity index (χ4n) is 1.28. The van der Waals surface area contributed by atoms with E-state index in [0.29, 0.717) is 5.69 Å². The lowest BCUT2D eigenvalue weighted by molar-refractivity contribution is 0.0681. The molecule has 76 valence electrons. The number of hydrogen-bond acceptors (Lipinski definition) is 3. The van der Waals surface area contributed by atoms with Crippen LogP contribution in [0.4, 0.5) is 0 Å². The predicted octanol–water partition coefficient (Wildman–Crippen LogP) is 1.28. The van der Waals surface area contributed by atoms with Gasteiger partial charge in [0.2, 0.25) is 5.82 Å². The van der Waals surface area contributed by atoms with Crippen LogP contribution in [-0.2, 0) is 0 Å². The van der Waals surface area contributed by atoms with E-state index in [1.165, 1.54) is 22.9 Å². The van der Waals surface area contributed by atoms with Crippen molar-refractivity contribution in [3.63, 3.8) is 0 Å². The van der Waals surface area contributed by atoms with E-state index in [1.807, 2.05) is 0 Å². The van der Waals surface area contributed by atoms with Gasteiger partial charge in [-0.05, 0) is 24.3 Å². The maximum atomic E-state index is 10.8. The van der Waals surface area contributed by atoms with Crippen LogP contribution >= 0.6 is 0 Å². The second kappa shape index (κ2) is 3.45. The molecule has 0 radical (unpaired) electrons. The van der Waals surface area contributed by atoms with Gasteiger partial charge >= 0.3 is 5.97 Å². The standard InChI is InChI=1S/C10H8N2O3/c13-8-3-1-7(2-4-8)12-6-5-11-9(12)10(14)15/h1-6,13H,(H,14,15). The van der Waals surface area contributed by atoms with Gasteiger partial charge in [0.25, 0.3) is 0 Å². The quantitative estimate of drug-likeness (QED) is 0.772. The molecule has 1 aromatic carbocycles. The summed E-state index contributed by atoms with van der Waals surface area (Å²) in [5, 5.41) is 17.9. The molecule has 2 rings (SSSR count). The highest BCUT2D eigenvalue weighted by molar-refractivity contribution is 5.84. The van der Waals surface area contributed by atoms with E-state index in [2.05, 4.69) is 4.98 Å². The summed E-state index contributed by atoms with van der Waals surface area (Å²) in [6.07, 6.45) is 2.96. The minimum Gasteiger partial charge on any atom is -0.508 e. The first-order chi connectivity index (χ1) is 7.18. The number of carboxylic acid groups (broad SMARTS) is 1. The predicted molar refractivity (Wildman–Crippen MR) is 52.2 cm³/mol. The first kappa shape index (κ1) is 9.26. The molecule has 0 amide bonds. The second-order valence-electron chi connectivity index (χ2n) is 2.94. The van der Waals surface area contributed by atoms with Gasteiger partial charge < -0.3 is 10.2 Å². The molecule has 0 saturated heterocycles. The number of aromatic hydroxyl groups is 1. The van der Waals surface area contributed by atoms with Gasteiger partial charge in [0, 0.05) is 18.1 Å². The number of aromatic nitrogens is 2. The Balaban J connectivity index is 2.49. The summed E-state index contributed by atoms with van der Waals surface area (Å²) < 4.78 is 1.43. The van der Waals surface area contributed by atoms with Crippen LogP contribution in [-0.4, -0.2) is 25.7 Å². The van der Waals surface area contributed by atoms with Crippen molar-refractivity contribution in [3.05, 3.63) is 42.5 Å². The van der Waals surface area contributed by atoms with Crippen molar-refractivity contribution < 1.29 is 15.0 Å². The third kappa shape index (κ3) is 1.67. The van der Waals surface area contributed by atoms with Crippen LogP contribution in [0.1, 0.15) is 10.6 Å². The van der Waals surface area contributed by atoms with E-state index < -0.39 is 5.97 Å². The zero-order chi connectivity index (χ0) is 10.8. The highest BCUT2D eigenvalue weighted by Crippen LogP contribution is 2.15. The Labute approximate surface area is 85.2 Å². The Morgan fingerprint density at radius 3 is 2.53 bits per heavy atom. The topological polar surface area (TPSA) is 75.3 Å². The smallest absolute Gasteiger partial charge is 0.372 e. The van der Waals surface area contributed by atoms with Crippen molar-refractivity contribution >= 4 is 5.97 Å². The summed E-state index contributed by atoms with van der Waals surface area (Å²) >= 11 is 0. The molecular weight excluding hydrogens is 196 g/mol. The Kier molecular flexibility index (Phi) is 2.13. The Morgan fingerprint density at radius 1 is 1.27 bits per heavy atom. The lowest BCUT2D eigenvalue weighted by Crippen LogP contribution is -2.07. The molecule has 2 aromatic rings. The maximum absolute atomic E-state index is 10.8. The zero-order valence-electron chi connectivity index (χ0n) is 7.66. The largest absolute Gasteiger partial charge is 0.508 e. The molecule has 0 aliphatic carbocycles. The number of hydrogen-bond donors (Lipinski definition) is 2. The Morgan fingerprint density at radius 2 is 1.93 bits per heavy atom. The van der Waals surface area contributed by atoms with Crippen molar-refractivity contribution in [1.29, 1.82) is 0 Å². The molecule has 1 aromatic heterocycles. The minimum absolute atomic E-state index is 0.0549. The summed E-state index contributed by atoms with van der Waals surface area (Å²) in [5.41, 5.74) is 0.641. The number of carbonyl (C=O) groups is 1. The summed E-state index contributed by atoms with van der Waals surface area (Å²) in [4.78, 5) is 14.5. The number of benzene rings is 1. The van der Waals surface area contributed by atoms with E-state index in [-0.39, 0.29) is 11.6 Å². The van der Waals surface area contributed by atoms with Crippen LogP contribution in [0, 0.1) is 0 Å². The summed E-state index contributed by atoms with van der Waals surface area (Å²) in [5.74, 6) is -1.01. The van der Waals surface area contributed by atoms with Gasteiger partial charge in [0.15, 0.2) is 0 Å². The SMILES string of the molecule is O=C(O)c1nccn1-c1ccc(O)cc1. The average Bonchev–Trinajstić information content (AvgIpc) is 2.67. The molecular formula is C10H8N2O3. The van der Waals surface area contributed by atoms with Gasteiger partial charge in [-0.25, -0.2) is 9.78 Å². The normalized spacial score (nSPS) is 10.1. The number of rotatable bonds is 2.